The van der Waals surface area contributed by atoms with Crippen LogP contribution in [0.2, 0.25) is 0 Å². The van der Waals surface area contributed by atoms with Gasteiger partial charge in [0, 0.05) is 19.6 Å². The molecule has 0 saturated carbocycles. The van der Waals surface area contributed by atoms with Crippen molar-refractivity contribution in [2.75, 3.05) is 22.9 Å². The van der Waals surface area contributed by atoms with Crippen molar-refractivity contribution in [2.45, 2.75) is 44.5 Å². The first-order chi connectivity index (χ1) is 17.6. The van der Waals surface area contributed by atoms with Crippen LogP contribution in [-0.2, 0) is 18.9 Å². The van der Waals surface area contributed by atoms with E-state index in [2.05, 4.69) is 0 Å². The minimum atomic E-state index is -4.66. The molecular formula is C27H23F9N2. The Morgan fingerprint density at radius 1 is 0.737 bits per heavy atom. The molecule has 3 aromatic rings. The molecular weight excluding hydrogens is 523 g/mol. The fourth-order valence-electron chi connectivity index (χ4n) is 4.65. The molecule has 3 aromatic carbocycles. The lowest BCUT2D eigenvalue weighted by molar-refractivity contribution is -0.138. The van der Waals surface area contributed by atoms with E-state index in [-0.39, 0.29) is 18.7 Å². The first-order valence-corrected chi connectivity index (χ1v) is 11.6. The van der Waals surface area contributed by atoms with Gasteiger partial charge in [0.2, 0.25) is 0 Å². The molecule has 1 heterocycles. The van der Waals surface area contributed by atoms with Crippen molar-refractivity contribution in [3.05, 3.63) is 94.5 Å². The van der Waals surface area contributed by atoms with Crippen LogP contribution < -0.4 is 9.80 Å². The average molecular weight is 546 g/mol. The lowest BCUT2D eigenvalue weighted by Crippen LogP contribution is -2.44. The summed E-state index contributed by atoms with van der Waals surface area (Å²) in [6.45, 7) is 1.09. The number of halogens is 9. The van der Waals surface area contributed by atoms with Gasteiger partial charge in [0.15, 0.2) is 0 Å². The summed E-state index contributed by atoms with van der Waals surface area (Å²) in [4.78, 5) is 3.13. The van der Waals surface area contributed by atoms with E-state index in [1.807, 2.05) is 0 Å². The Kier molecular flexibility index (Phi) is 7.33. The molecule has 38 heavy (non-hydrogen) atoms. The van der Waals surface area contributed by atoms with Crippen molar-refractivity contribution in [3.8, 4) is 0 Å². The Morgan fingerprint density at radius 3 is 2.00 bits per heavy atom. The summed E-state index contributed by atoms with van der Waals surface area (Å²) in [6.07, 6.45) is -14.9. The molecule has 0 aromatic heterocycles. The topological polar surface area (TPSA) is 6.48 Å². The zero-order valence-electron chi connectivity index (χ0n) is 20.1. The number of nitrogens with zero attached hydrogens (tertiary/aromatic N) is 2. The molecule has 0 radical (unpaired) electrons. The molecule has 11 heteroatoms. The number of rotatable bonds is 5. The summed E-state index contributed by atoms with van der Waals surface area (Å²) >= 11 is 0. The van der Waals surface area contributed by atoms with E-state index in [0.717, 1.165) is 24.3 Å². The fraction of sp³-hybridized carbons (Fsp3) is 0.333. The number of anilines is 2. The molecule has 2 nitrogen and oxygen atoms in total. The van der Waals surface area contributed by atoms with Crippen molar-refractivity contribution < 1.29 is 39.5 Å². The Hall–Kier alpha value is -3.37. The van der Waals surface area contributed by atoms with Crippen LogP contribution >= 0.6 is 0 Å². The maximum absolute atomic E-state index is 13.5. The molecule has 1 atom stereocenters. The van der Waals surface area contributed by atoms with Gasteiger partial charge in [-0.15, -0.1) is 0 Å². The highest BCUT2D eigenvalue weighted by atomic mass is 19.4. The van der Waals surface area contributed by atoms with Crippen LogP contribution in [0, 0.1) is 6.92 Å². The molecule has 0 N–H and O–H groups in total. The Balaban J connectivity index is 1.79. The molecule has 1 aliphatic rings. The van der Waals surface area contributed by atoms with Gasteiger partial charge in [-0.05, 0) is 60.0 Å². The summed E-state index contributed by atoms with van der Waals surface area (Å²) in [6, 6.07) is 13.3. The summed E-state index contributed by atoms with van der Waals surface area (Å²) in [5.41, 5.74) is 0.133. The molecule has 0 bridgehead atoms. The number of fused-ring (bicyclic) bond motifs is 1. The number of aryl methyl sites for hydroxylation is 1. The highest BCUT2D eigenvalue weighted by Crippen LogP contribution is 2.43. The Bertz CT molecular complexity index is 1280. The summed E-state index contributed by atoms with van der Waals surface area (Å²) in [5, 5.41) is 0. The van der Waals surface area contributed by atoms with Crippen molar-refractivity contribution in [1.82, 2.24) is 0 Å². The maximum Gasteiger partial charge on any atom is 0.416 e. The lowest BCUT2D eigenvalue weighted by Gasteiger charge is -2.45. The van der Waals surface area contributed by atoms with Crippen LogP contribution in [0.25, 0.3) is 0 Å². The van der Waals surface area contributed by atoms with Gasteiger partial charge in [-0.3, -0.25) is 0 Å². The SMILES string of the molecule is Cc1ccc(C(F)(F)F)cc1CN1C[C@@H](c2cccc(C(F)(F)F)c2)N(CCC(F)(F)F)c2ccccc21. The molecule has 0 aliphatic carbocycles. The van der Waals surface area contributed by atoms with Gasteiger partial charge in [0.25, 0.3) is 0 Å². The molecule has 0 spiro atoms. The average Bonchev–Trinajstić information content (AvgIpc) is 2.82. The van der Waals surface area contributed by atoms with Crippen molar-refractivity contribution in [2.24, 2.45) is 0 Å². The minimum Gasteiger partial charge on any atom is -0.363 e. The van der Waals surface area contributed by atoms with Gasteiger partial charge in [-0.1, -0.05) is 30.3 Å². The molecule has 204 valence electrons. The summed E-state index contributed by atoms with van der Waals surface area (Å²) in [5.74, 6) is 0. The molecule has 0 saturated heterocycles. The number of benzene rings is 3. The van der Waals surface area contributed by atoms with E-state index in [4.69, 9.17) is 0 Å². The lowest BCUT2D eigenvalue weighted by atomic mass is 9.96. The highest BCUT2D eigenvalue weighted by molar-refractivity contribution is 5.75. The molecule has 0 unspecified atom stereocenters. The third kappa shape index (κ3) is 6.19. The van der Waals surface area contributed by atoms with Crippen LogP contribution in [0.3, 0.4) is 0 Å². The van der Waals surface area contributed by atoms with E-state index < -0.39 is 48.7 Å². The van der Waals surface area contributed by atoms with Gasteiger partial charge >= 0.3 is 18.5 Å². The number of alkyl halides is 9. The smallest absolute Gasteiger partial charge is 0.363 e. The van der Waals surface area contributed by atoms with Gasteiger partial charge in [0.1, 0.15) is 0 Å². The van der Waals surface area contributed by atoms with E-state index in [1.165, 1.54) is 23.1 Å². The van der Waals surface area contributed by atoms with Crippen LogP contribution in [0.5, 0.6) is 0 Å². The third-order valence-corrected chi connectivity index (χ3v) is 6.57. The van der Waals surface area contributed by atoms with Gasteiger partial charge in [0.05, 0.1) is 35.0 Å². The predicted octanol–water partition coefficient (Wildman–Crippen LogP) is 8.55. The predicted molar refractivity (Wildman–Crippen MR) is 126 cm³/mol. The molecule has 0 fully saturated rings. The number of para-hydroxylation sites is 2. The Morgan fingerprint density at radius 2 is 1.37 bits per heavy atom. The van der Waals surface area contributed by atoms with E-state index in [0.29, 0.717) is 22.5 Å². The monoisotopic (exact) mass is 546 g/mol. The second-order valence-electron chi connectivity index (χ2n) is 9.21. The number of hydrogen-bond acceptors (Lipinski definition) is 2. The largest absolute Gasteiger partial charge is 0.416 e. The van der Waals surface area contributed by atoms with Crippen molar-refractivity contribution in [3.63, 3.8) is 0 Å². The van der Waals surface area contributed by atoms with Gasteiger partial charge in [-0.2, -0.15) is 39.5 Å². The van der Waals surface area contributed by atoms with E-state index in [1.54, 1.807) is 36.1 Å². The quantitative estimate of drug-likeness (QED) is 0.296. The second kappa shape index (κ2) is 10.1. The van der Waals surface area contributed by atoms with Crippen LogP contribution in [-0.4, -0.2) is 19.3 Å². The van der Waals surface area contributed by atoms with Crippen molar-refractivity contribution >= 4 is 11.4 Å². The molecule has 4 rings (SSSR count). The Labute approximate surface area is 213 Å². The van der Waals surface area contributed by atoms with E-state index in [9.17, 15) is 39.5 Å². The molecule has 0 amide bonds. The summed E-state index contributed by atoms with van der Waals surface area (Å²) in [7, 11) is 0. The zero-order chi connectivity index (χ0) is 27.9. The third-order valence-electron chi connectivity index (χ3n) is 6.57. The van der Waals surface area contributed by atoms with Crippen LogP contribution in [0.4, 0.5) is 50.9 Å². The van der Waals surface area contributed by atoms with Crippen molar-refractivity contribution in [1.29, 1.82) is 0 Å². The van der Waals surface area contributed by atoms with E-state index >= 15 is 0 Å². The van der Waals surface area contributed by atoms with Crippen LogP contribution in [0.1, 0.15) is 40.3 Å². The zero-order valence-corrected chi connectivity index (χ0v) is 20.1. The van der Waals surface area contributed by atoms with Crippen LogP contribution in [0.15, 0.2) is 66.7 Å². The standard InChI is InChI=1S/C27H23F9N2/c1-17-9-10-21(27(34,35)36)14-19(17)15-37-16-24(18-5-4-6-20(13-18)26(31,32)33)38(12-11-25(28,29)30)23-8-3-2-7-22(23)37/h2-10,13-14,24H,11-12,15-16H2,1H3/t24-/m0/s1. The molecule has 1 aliphatic heterocycles. The van der Waals surface area contributed by atoms with Gasteiger partial charge < -0.3 is 9.80 Å². The fourth-order valence-corrected chi connectivity index (χ4v) is 4.65. The highest BCUT2D eigenvalue weighted by Gasteiger charge is 2.37. The normalized spacial score (nSPS) is 16.5. The number of hydrogen-bond donors (Lipinski definition) is 0. The first kappa shape index (κ1) is 27.7. The van der Waals surface area contributed by atoms with Gasteiger partial charge in [-0.25, -0.2) is 0 Å². The summed E-state index contributed by atoms with van der Waals surface area (Å²) < 4.78 is 120. The first-order valence-electron chi connectivity index (χ1n) is 11.6. The maximum atomic E-state index is 13.5. The minimum absolute atomic E-state index is 0.0185. The second-order valence-corrected chi connectivity index (χ2v) is 9.21.